The molecular weight excluding hydrogens is 194 g/mol. The fourth-order valence-electron chi connectivity index (χ4n) is 0.586. The van der Waals surface area contributed by atoms with Gasteiger partial charge in [0, 0.05) is 6.20 Å². The molecule has 52 valence electrons. The van der Waals surface area contributed by atoms with Gasteiger partial charge in [-0.15, -0.1) is 0 Å². The van der Waals surface area contributed by atoms with Gasteiger partial charge in [-0.25, -0.2) is 0 Å². The van der Waals surface area contributed by atoms with Crippen molar-refractivity contribution in [1.82, 2.24) is 9.78 Å². The molecule has 1 rings (SSSR count). The molecule has 1 aromatic rings. The van der Waals surface area contributed by atoms with Crippen molar-refractivity contribution in [3.8, 4) is 6.07 Å². The molecule has 0 aliphatic heterocycles. The Kier molecular flexibility index (Phi) is 2.07. The normalized spacial score (nSPS) is 12.5. The monoisotopic (exact) mass is 199 g/mol. The first kappa shape index (κ1) is 7.29. The van der Waals surface area contributed by atoms with Crippen molar-refractivity contribution >= 4 is 15.9 Å². The summed E-state index contributed by atoms with van der Waals surface area (Å²) in [7, 11) is 0. The van der Waals surface area contributed by atoms with E-state index >= 15 is 0 Å². The molecule has 0 spiro atoms. The minimum Gasteiger partial charge on any atom is -0.255 e. The van der Waals surface area contributed by atoms with Gasteiger partial charge < -0.3 is 0 Å². The van der Waals surface area contributed by atoms with Gasteiger partial charge in [0.2, 0.25) is 0 Å². The number of nitrogens with zero attached hydrogens (tertiary/aromatic N) is 3. The lowest BCUT2D eigenvalue weighted by Gasteiger charge is -1.99. The van der Waals surface area contributed by atoms with Gasteiger partial charge in [0.1, 0.15) is 6.04 Å². The molecule has 3 nitrogen and oxygen atoms in total. The molecule has 0 radical (unpaired) electrons. The Morgan fingerprint density at radius 3 is 3.00 bits per heavy atom. The highest BCUT2D eigenvalue weighted by molar-refractivity contribution is 9.10. The van der Waals surface area contributed by atoms with E-state index in [2.05, 4.69) is 27.1 Å². The third-order valence-corrected chi connectivity index (χ3v) is 1.56. The van der Waals surface area contributed by atoms with E-state index in [1.165, 1.54) is 0 Å². The zero-order valence-corrected chi connectivity index (χ0v) is 7.04. The summed E-state index contributed by atoms with van der Waals surface area (Å²) in [6.45, 7) is 1.79. The molecule has 10 heavy (non-hydrogen) atoms. The van der Waals surface area contributed by atoms with E-state index in [9.17, 15) is 0 Å². The van der Waals surface area contributed by atoms with E-state index in [-0.39, 0.29) is 6.04 Å². The Morgan fingerprint density at radius 1 is 1.90 bits per heavy atom. The lowest BCUT2D eigenvalue weighted by Crippen LogP contribution is -2.01. The van der Waals surface area contributed by atoms with Gasteiger partial charge >= 0.3 is 0 Å². The number of hydrogen-bond donors (Lipinski definition) is 0. The van der Waals surface area contributed by atoms with Crippen LogP contribution in [0.2, 0.25) is 0 Å². The van der Waals surface area contributed by atoms with Crippen LogP contribution in [0.3, 0.4) is 0 Å². The molecule has 0 bridgehead atoms. The van der Waals surface area contributed by atoms with E-state index in [4.69, 9.17) is 5.26 Å². The Bertz CT molecular complexity index is 260. The molecule has 0 aliphatic rings. The third kappa shape index (κ3) is 1.36. The second-order valence-electron chi connectivity index (χ2n) is 1.94. The van der Waals surface area contributed by atoms with E-state index in [1.807, 2.05) is 0 Å². The predicted octanol–water partition coefficient (Wildman–Crippen LogP) is 1.73. The second-order valence-corrected chi connectivity index (χ2v) is 2.86. The summed E-state index contributed by atoms with van der Waals surface area (Å²) in [5.41, 5.74) is 0. The van der Waals surface area contributed by atoms with Crippen molar-refractivity contribution in [2.75, 3.05) is 0 Å². The Balaban J connectivity index is 2.87. The molecule has 0 aliphatic carbocycles. The van der Waals surface area contributed by atoms with Crippen molar-refractivity contribution in [2.45, 2.75) is 13.0 Å². The fourth-order valence-corrected chi connectivity index (χ4v) is 0.887. The minimum atomic E-state index is -0.189. The summed E-state index contributed by atoms with van der Waals surface area (Å²) in [5.74, 6) is 0. The fraction of sp³-hybridized carbons (Fsp3) is 0.333. The molecular formula is C6H6BrN3. The highest BCUT2D eigenvalue weighted by Gasteiger charge is 2.01. The van der Waals surface area contributed by atoms with Crippen LogP contribution in [0, 0.1) is 11.3 Å². The maximum atomic E-state index is 8.47. The average molecular weight is 200 g/mol. The van der Waals surface area contributed by atoms with E-state index < -0.39 is 0 Å². The molecule has 0 saturated heterocycles. The maximum Gasteiger partial charge on any atom is 0.135 e. The molecule has 1 atom stereocenters. The molecule has 1 unspecified atom stereocenters. The standard InChI is InChI=1S/C6H6BrN3/c1-5(2-8)10-4-6(7)3-9-10/h3-5H,1H3. The predicted molar refractivity (Wildman–Crippen MR) is 40.3 cm³/mol. The first-order chi connectivity index (χ1) is 4.74. The van der Waals surface area contributed by atoms with Crippen LogP contribution in [0.5, 0.6) is 0 Å². The summed E-state index contributed by atoms with van der Waals surface area (Å²) in [6.07, 6.45) is 3.43. The van der Waals surface area contributed by atoms with Crippen molar-refractivity contribution in [2.24, 2.45) is 0 Å². The molecule has 0 fully saturated rings. The van der Waals surface area contributed by atoms with Crippen LogP contribution < -0.4 is 0 Å². The zero-order valence-electron chi connectivity index (χ0n) is 5.45. The van der Waals surface area contributed by atoms with Crippen LogP contribution in [0.15, 0.2) is 16.9 Å². The van der Waals surface area contributed by atoms with Crippen LogP contribution in [-0.2, 0) is 0 Å². The van der Waals surface area contributed by atoms with Crippen molar-refractivity contribution in [1.29, 1.82) is 5.26 Å². The van der Waals surface area contributed by atoms with Gasteiger partial charge in [0.25, 0.3) is 0 Å². The minimum absolute atomic E-state index is 0.189. The van der Waals surface area contributed by atoms with Crippen LogP contribution in [0.4, 0.5) is 0 Å². The van der Waals surface area contributed by atoms with Gasteiger partial charge in [-0.1, -0.05) is 0 Å². The molecule has 0 N–H and O–H groups in total. The number of aromatic nitrogens is 2. The number of hydrogen-bond acceptors (Lipinski definition) is 2. The van der Waals surface area contributed by atoms with Crippen LogP contribution in [-0.4, -0.2) is 9.78 Å². The third-order valence-electron chi connectivity index (χ3n) is 1.15. The van der Waals surface area contributed by atoms with Gasteiger partial charge in [-0.2, -0.15) is 10.4 Å². The molecule has 1 heterocycles. The van der Waals surface area contributed by atoms with Gasteiger partial charge in [0.15, 0.2) is 0 Å². The summed E-state index contributed by atoms with van der Waals surface area (Å²) in [4.78, 5) is 0. The summed E-state index contributed by atoms with van der Waals surface area (Å²) in [6, 6.07) is 1.89. The molecule has 1 aromatic heterocycles. The van der Waals surface area contributed by atoms with Gasteiger partial charge in [-0.05, 0) is 22.9 Å². The van der Waals surface area contributed by atoms with E-state index in [1.54, 1.807) is 24.0 Å². The Hall–Kier alpha value is -0.820. The number of halogens is 1. The van der Waals surface area contributed by atoms with Gasteiger partial charge in [0.05, 0.1) is 16.7 Å². The lowest BCUT2D eigenvalue weighted by molar-refractivity contribution is 0.591. The summed E-state index contributed by atoms with van der Waals surface area (Å²) >= 11 is 3.24. The maximum absolute atomic E-state index is 8.47. The SMILES string of the molecule is CC(C#N)n1cc(Br)cn1. The quantitative estimate of drug-likeness (QED) is 0.692. The zero-order chi connectivity index (χ0) is 7.56. The number of nitriles is 1. The first-order valence-corrected chi connectivity index (χ1v) is 3.62. The highest BCUT2D eigenvalue weighted by Crippen LogP contribution is 2.10. The van der Waals surface area contributed by atoms with Crippen molar-refractivity contribution < 1.29 is 0 Å². The van der Waals surface area contributed by atoms with E-state index in [0.29, 0.717) is 0 Å². The second kappa shape index (κ2) is 2.84. The van der Waals surface area contributed by atoms with E-state index in [0.717, 1.165) is 4.47 Å². The smallest absolute Gasteiger partial charge is 0.135 e. The van der Waals surface area contributed by atoms with Crippen LogP contribution >= 0.6 is 15.9 Å². The van der Waals surface area contributed by atoms with Crippen LogP contribution in [0.25, 0.3) is 0 Å². The summed E-state index contributed by atoms with van der Waals surface area (Å²) in [5, 5.41) is 12.4. The number of rotatable bonds is 1. The summed E-state index contributed by atoms with van der Waals surface area (Å²) < 4.78 is 2.50. The molecule has 0 amide bonds. The lowest BCUT2D eigenvalue weighted by atomic mass is 10.4. The van der Waals surface area contributed by atoms with Crippen LogP contribution in [0.1, 0.15) is 13.0 Å². The highest BCUT2D eigenvalue weighted by atomic mass is 79.9. The van der Waals surface area contributed by atoms with Crippen molar-refractivity contribution in [3.05, 3.63) is 16.9 Å². The first-order valence-electron chi connectivity index (χ1n) is 2.83. The average Bonchev–Trinajstić information content (AvgIpc) is 2.34. The Labute approximate surface area is 67.4 Å². The molecule has 0 aromatic carbocycles. The van der Waals surface area contributed by atoms with Crippen molar-refractivity contribution in [3.63, 3.8) is 0 Å². The van der Waals surface area contributed by atoms with Gasteiger partial charge in [-0.3, -0.25) is 4.68 Å². The largest absolute Gasteiger partial charge is 0.255 e. The topological polar surface area (TPSA) is 41.6 Å². The molecule has 4 heteroatoms. The Morgan fingerprint density at radius 2 is 2.60 bits per heavy atom. The molecule has 0 saturated carbocycles.